The van der Waals surface area contributed by atoms with Crippen LogP contribution in [0.5, 0.6) is 0 Å². The normalized spacial score (nSPS) is 26.5. The minimum absolute atomic E-state index is 0.916. The second-order valence-corrected chi connectivity index (χ2v) is 2.94. The molecule has 3 heteroatoms. The number of rotatable bonds is 0. The fraction of sp³-hybridized carbons (Fsp3) is 0.714. The lowest BCUT2D eigenvalue weighted by atomic mass is 10.1. The van der Waals surface area contributed by atoms with Crippen LogP contribution in [-0.2, 0) is 4.84 Å². The molecule has 0 spiro atoms. The quantitative estimate of drug-likeness (QED) is 0.517. The summed E-state index contributed by atoms with van der Waals surface area (Å²) >= 11 is 0. The van der Waals surface area contributed by atoms with Crippen LogP contribution in [0.15, 0.2) is 11.3 Å². The van der Waals surface area contributed by atoms with Crippen molar-refractivity contribution in [3.05, 3.63) is 11.3 Å². The number of hydroxylamine groups is 1. The van der Waals surface area contributed by atoms with Crippen molar-refractivity contribution in [3.63, 3.8) is 0 Å². The Hall–Kier alpha value is -0.540. The predicted octanol–water partition coefficient (Wildman–Crippen LogP) is 0.111. The highest BCUT2D eigenvalue weighted by Gasteiger charge is 2.21. The first kappa shape index (κ1) is 6.19. The molecule has 0 saturated carbocycles. The Balaban J connectivity index is 2.13. The van der Waals surface area contributed by atoms with Crippen LogP contribution in [0.2, 0.25) is 0 Å². The van der Waals surface area contributed by atoms with Gasteiger partial charge < -0.3 is 9.74 Å². The van der Waals surface area contributed by atoms with Crippen LogP contribution >= 0.6 is 0 Å². The molecule has 0 aromatic heterocycles. The Bertz CT molecular complexity index is 176. The molecule has 0 aliphatic carbocycles. The van der Waals surface area contributed by atoms with Crippen LogP contribution in [0.3, 0.4) is 0 Å². The zero-order valence-corrected chi connectivity index (χ0v) is 6.18. The zero-order valence-electron chi connectivity index (χ0n) is 6.18. The number of hydrogen-bond donors (Lipinski definition) is 1. The van der Waals surface area contributed by atoms with Gasteiger partial charge in [0.2, 0.25) is 0 Å². The van der Waals surface area contributed by atoms with Crippen molar-refractivity contribution in [2.45, 2.75) is 6.42 Å². The Morgan fingerprint density at radius 1 is 1.60 bits per heavy atom. The molecule has 2 aliphatic rings. The number of likely N-dealkylation sites (N-methyl/N-ethyl adjacent to an activating group) is 1. The Labute approximate surface area is 60.6 Å². The van der Waals surface area contributed by atoms with Gasteiger partial charge in [-0.25, -0.2) is 0 Å². The molecule has 0 saturated heterocycles. The highest BCUT2D eigenvalue weighted by Crippen LogP contribution is 2.20. The molecule has 0 aromatic rings. The van der Waals surface area contributed by atoms with Crippen molar-refractivity contribution < 1.29 is 4.84 Å². The van der Waals surface area contributed by atoms with Gasteiger partial charge in [-0.2, -0.15) is 5.48 Å². The average Bonchev–Trinajstić information content (AvgIpc) is 2.33. The smallest absolute Gasteiger partial charge is 0.127 e. The third-order valence-corrected chi connectivity index (χ3v) is 2.06. The molecule has 0 amide bonds. The van der Waals surface area contributed by atoms with Gasteiger partial charge in [0.1, 0.15) is 5.76 Å². The molecule has 2 aliphatic heterocycles. The Kier molecular flexibility index (Phi) is 1.39. The molecule has 2 rings (SSSR count). The van der Waals surface area contributed by atoms with Crippen molar-refractivity contribution in [3.8, 4) is 0 Å². The molecule has 0 unspecified atom stereocenters. The minimum atomic E-state index is 0.916. The fourth-order valence-electron chi connectivity index (χ4n) is 1.45. The molecule has 56 valence electrons. The van der Waals surface area contributed by atoms with Crippen molar-refractivity contribution in [2.75, 3.05) is 26.7 Å². The lowest BCUT2D eigenvalue weighted by Crippen LogP contribution is -2.27. The topological polar surface area (TPSA) is 24.5 Å². The van der Waals surface area contributed by atoms with Gasteiger partial charge in [-0.3, -0.25) is 0 Å². The van der Waals surface area contributed by atoms with E-state index in [1.807, 2.05) is 0 Å². The van der Waals surface area contributed by atoms with Gasteiger partial charge in [0.05, 0.1) is 6.54 Å². The number of nitrogens with zero attached hydrogens (tertiary/aromatic N) is 1. The largest absolute Gasteiger partial charge is 0.413 e. The average molecular weight is 140 g/mol. The van der Waals surface area contributed by atoms with E-state index in [4.69, 9.17) is 4.84 Å². The first-order valence-corrected chi connectivity index (χ1v) is 3.65. The maximum absolute atomic E-state index is 5.21. The summed E-state index contributed by atoms with van der Waals surface area (Å²) in [5.41, 5.74) is 4.31. The number of nitrogens with one attached hydrogen (secondary N) is 1. The molecule has 0 aromatic carbocycles. The monoisotopic (exact) mass is 140 g/mol. The highest BCUT2D eigenvalue weighted by atomic mass is 16.7. The third kappa shape index (κ3) is 0.914. The van der Waals surface area contributed by atoms with E-state index >= 15 is 0 Å². The Morgan fingerprint density at radius 3 is 3.40 bits per heavy atom. The van der Waals surface area contributed by atoms with Crippen molar-refractivity contribution >= 4 is 0 Å². The van der Waals surface area contributed by atoms with Gasteiger partial charge in [0.15, 0.2) is 0 Å². The van der Waals surface area contributed by atoms with Crippen LogP contribution in [0.25, 0.3) is 0 Å². The van der Waals surface area contributed by atoms with E-state index in [9.17, 15) is 0 Å². The molecule has 0 fully saturated rings. The molecule has 0 atom stereocenters. The first-order chi connectivity index (χ1) is 4.86. The summed E-state index contributed by atoms with van der Waals surface area (Å²) in [6.07, 6.45) is 1.07. The van der Waals surface area contributed by atoms with Gasteiger partial charge in [0, 0.05) is 25.1 Å². The maximum Gasteiger partial charge on any atom is 0.127 e. The molecular formula is C7H12N2O. The van der Waals surface area contributed by atoms with Crippen LogP contribution in [0, 0.1) is 0 Å². The zero-order chi connectivity index (χ0) is 6.97. The summed E-state index contributed by atoms with van der Waals surface area (Å²) in [4.78, 5) is 7.52. The number of hydrogen-bond acceptors (Lipinski definition) is 3. The minimum Gasteiger partial charge on any atom is -0.413 e. The molecule has 0 radical (unpaired) electrons. The Morgan fingerprint density at radius 2 is 2.50 bits per heavy atom. The van der Waals surface area contributed by atoms with Crippen LogP contribution in [0.1, 0.15) is 6.42 Å². The summed E-state index contributed by atoms with van der Waals surface area (Å²) in [5.74, 6) is 1.18. The van der Waals surface area contributed by atoms with Gasteiger partial charge in [-0.1, -0.05) is 0 Å². The van der Waals surface area contributed by atoms with Crippen molar-refractivity contribution in [1.29, 1.82) is 0 Å². The second kappa shape index (κ2) is 2.25. The maximum atomic E-state index is 5.21. The lowest BCUT2D eigenvalue weighted by molar-refractivity contribution is 0.127. The first-order valence-electron chi connectivity index (χ1n) is 3.65. The van der Waals surface area contributed by atoms with E-state index in [-0.39, 0.29) is 0 Å². The van der Waals surface area contributed by atoms with Crippen LogP contribution < -0.4 is 5.48 Å². The van der Waals surface area contributed by atoms with Gasteiger partial charge in [-0.05, 0) is 7.05 Å². The van der Waals surface area contributed by atoms with Gasteiger partial charge in [-0.15, -0.1) is 0 Å². The standard InChI is InChI=1S/C7H12N2O/c1-9-3-2-7-6(5-9)4-8-10-7/h8H,2-5H2,1H3. The van der Waals surface area contributed by atoms with E-state index in [0.29, 0.717) is 0 Å². The second-order valence-electron chi connectivity index (χ2n) is 2.94. The SMILES string of the molecule is CN1CCC2=C(CNO2)C1. The molecule has 10 heavy (non-hydrogen) atoms. The molecular weight excluding hydrogens is 128 g/mol. The highest BCUT2D eigenvalue weighted by molar-refractivity contribution is 5.17. The lowest BCUT2D eigenvalue weighted by Gasteiger charge is -2.21. The van der Waals surface area contributed by atoms with Crippen LogP contribution in [0.4, 0.5) is 0 Å². The van der Waals surface area contributed by atoms with E-state index in [0.717, 1.165) is 26.1 Å². The van der Waals surface area contributed by atoms with Gasteiger partial charge >= 0.3 is 0 Å². The molecule has 1 N–H and O–H groups in total. The third-order valence-electron chi connectivity index (χ3n) is 2.06. The van der Waals surface area contributed by atoms with Crippen molar-refractivity contribution in [1.82, 2.24) is 10.4 Å². The molecule has 3 nitrogen and oxygen atoms in total. The summed E-state index contributed by atoms with van der Waals surface area (Å²) in [6, 6.07) is 0. The van der Waals surface area contributed by atoms with Crippen molar-refractivity contribution in [2.24, 2.45) is 0 Å². The predicted molar refractivity (Wildman–Crippen MR) is 38.2 cm³/mol. The summed E-state index contributed by atoms with van der Waals surface area (Å²) in [6.45, 7) is 3.11. The molecule has 0 bridgehead atoms. The van der Waals surface area contributed by atoms with E-state index in [1.165, 1.54) is 11.3 Å². The summed E-state index contributed by atoms with van der Waals surface area (Å²) in [7, 11) is 2.14. The summed E-state index contributed by atoms with van der Waals surface area (Å²) in [5, 5.41) is 0. The molecule has 2 heterocycles. The van der Waals surface area contributed by atoms with Crippen LogP contribution in [-0.4, -0.2) is 31.6 Å². The fourth-order valence-corrected chi connectivity index (χ4v) is 1.45. The van der Waals surface area contributed by atoms with E-state index in [2.05, 4.69) is 17.4 Å². The van der Waals surface area contributed by atoms with Gasteiger partial charge in [0.25, 0.3) is 0 Å². The summed E-state index contributed by atoms with van der Waals surface area (Å²) < 4.78 is 0. The van der Waals surface area contributed by atoms with E-state index < -0.39 is 0 Å². The van der Waals surface area contributed by atoms with E-state index in [1.54, 1.807) is 0 Å².